The van der Waals surface area contributed by atoms with Crippen LogP contribution >= 0.6 is 0 Å². The summed E-state index contributed by atoms with van der Waals surface area (Å²) in [5.41, 5.74) is 8.12. The lowest BCUT2D eigenvalue weighted by Crippen LogP contribution is -2.04. The molecule has 2 aromatic rings. The highest BCUT2D eigenvalue weighted by Crippen LogP contribution is 2.18. The van der Waals surface area contributed by atoms with Crippen LogP contribution in [-0.4, -0.2) is 16.5 Å². The molecular weight excluding hydrogens is 229 g/mol. The number of aryl methyl sites for hydroxylation is 2. The molecule has 18 heavy (non-hydrogen) atoms. The lowest BCUT2D eigenvalue weighted by Gasteiger charge is -2.06. The summed E-state index contributed by atoms with van der Waals surface area (Å²) in [6.45, 7) is 2.56. The second kappa shape index (κ2) is 5.69. The predicted octanol–water partition coefficient (Wildman–Crippen LogP) is 2.48. The van der Waals surface area contributed by atoms with Gasteiger partial charge in [-0.2, -0.15) is 0 Å². The first-order chi connectivity index (χ1) is 8.69. The first-order valence-electron chi connectivity index (χ1n) is 5.99. The van der Waals surface area contributed by atoms with Gasteiger partial charge in [-0.1, -0.05) is 0 Å². The summed E-state index contributed by atoms with van der Waals surface area (Å²) in [5.74, 6) is 0.549. The van der Waals surface area contributed by atoms with E-state index in [1.54, 1.807) is 12.1 Å². The highest BCUT2D eigenvalue weighted by atomic mass is 19.1. The Morgan fingerprint density at radius 1 is 1.17 bits per heavy atom. The van der Waals surface area contributed by atoms with Gasteiger partial charge in [0.15, 0.2) is 0 Å². The molecule has 0 amide bonds. The minimum atomic E-state index is -0.243. The van der Waals surface area contributed by atoms with Gasteiger partial charge >= 0.3 is 0 Å². The van der Waals surface area contributed by atoms with Crippen LogP contribution in [0.15, 0.2) is 30.3 Å². The van der Waals surface area contributed by atoms with E-state index in [1.165, 1.54) is 12.1 Å². The molecule has 4 heteroatoms. The molecule has 3 nitrogen and oxygen atoms in total. The highest BCUT2D eigenvalue weighted by molar-refractivity contribution is 5.59. The van der Waals surface area contributed by atoms with Crippen LogP contribution in [0, 0.1) is 12.7 Å². The zero-order valence-corrected chi connectivity index (χ0v) is 10.4. The molecule has 0 unspecified atom stereocenters. The number of hydrogen-bond acceptors (Lipinski definition) is 3. The van der Waals surface area contributed by atoms with Crippen LogP contribution in [0.1, 0.15) is 17.9 Å². The first kappa shape index (κ1) is 12.6. The van der Waals surface area contributed by atoms with Gasteiger partial charge in [0.2, 0.25) is 0 Å². The Morgan fingerprint density at radius 2 is 1.89 bits per heavy atom. The van der Waals surface area contributed by atoms with Crippen molar-refractivity contribution >= 4 is 0 Å². The van der Waals surface area contributed by atoms with Crippen LogP contribution in [-0.2, 0) is 6.42 Å². The van der Waals surface area contributed by atoms with E-state index < -0.39 is 0 Å². The third-order valence-corrected chi connectivity index (χ3v) is 2.65. The Bertz CT molecular complexity index is 523. The highest BCUT2D eigenvalue weighted by Gasteiger charge is 2.04. The van der Waals surface area contributed by atoms with Crippen molar-refractivity contribution in [1.29, 1.82) is 0 Å². The largest absolute Gasteiger partial charge is 0.330 e. The van der Waals surface area contributed by atoms with Gasteiger partial charge in [-0.15, -0.1) is 0 Å². The van der Waals surface area contributed by atoms with E-state index in [0.29, 0.717) is 6.54 Å². The fraction of sp³-hybridized carbons (Fsp3) is 0.286. The average Bonchev–Trinajstić information content (AvgIpc) is 2.36. The summed E-state index contributed by atoms with van der Waals surface area (Å²) in [6, 6.07) is 8.23. The number of nitrogens with two attached hydrogens (primary N) is 1. The zero-order valence-electron chi connectivity index (χ0n) is 10.4. The number of rotatable bonds is 4. The van der Waals surface area contributed by atoms with Gasteiger partial charge < -0.3 is 5.73 Å². The van der Waals surface area contributed by atoms with Gasteiger partial charge in [-0.3, -0.25) is 0 Å². The lowest BCUT2D eigenvalue weighted by atomic mass is 10.1. The van der Waals surface area contributed by atoms with E-state index in [9.17, 15) is 4.39 Å². The molecule has 0 saturated heterocycles. The van der Waals surface area contributed by atoms with Crippen molar-refractivity contribution in [2.24, 2.45) is 5.73 Å². The molecule has 0 spiro atoms. The van der Waals surface area contributed by atoms with Gasteiger partial charge in [-0.05, 0) is 50.2 Å². The molecule has 2 rings (SSSR count). The molecule has 0 fully saturated rings. The second-order valence-electron chi connectivity index (χ2n) is 4.21. The minimum absolute atomic E-state index is 0.243. The van der Waals surface area contributed by atoms with Gasteiger partial charge in [0, 0.05) is 17.7 Å². The molecule has 0 radical (unpaired) electrons. The molecular formula is C14H16FN3. The Kier molecular flexibility index (Phi) is 3.99. The number of aromatic nitrogens is 2. The molecule has 1 aromatic heterocycles. The van der Waals surface area contributed by atoms with E-state index in [-0.39, 0.29) is 5.82 Å². The summed E-state index contributed by atoms with van der Waals surface area (Å²) < 4.78 is 12.9. The summed E-state index contributed by atoms with van der Waals surface area (Å²) in [4.78, 5) is 8.86. The number of benzene rings is 1. The maximum absolute atomic E-state index is 12.9. The van der Waals surface area contributed by atoms with Crippen LogP contribution in [0.25, 0.3) is 11.3 Å². The van der Waals surface area contributed by atoms with Crippen molar-refractivity contribution in [2.45, 2.75) is 19.8 Å². The maximum atomic E-state index is 12.9. The Hall–Kier alpha value is -1.81. The van der Waals surface area contributed by atoms with Gasteiger partial charge in [0.25, 0.3) is 0 Å². The molecule has 0 saturated carbocycles. The molecule has 0 aliphatic rings. The number of halogens is 1. The van der Waals surface area contributed by atoms with Gasteiger partial charge in [0.1, 0.15) is 11.6 Å². The Morgan fingerprint density at radius 3 is 2.56 bits per heavy atom. The average molecular weight is 245 g/mol. The second-order valence-corrected chi connectivity index (χ2v) is 4.21. The van der Waals surface area contributed by atoms with Crippen LogP contribution in [0.5, 0.6) is 0 Å². The van der Waals surface area contributed by atoms with Crippen LogP contribution < -0.4 is 5.73 Å². The minimum Gasteiger partial charge on any atom is -0.330 e. The van der Waals surface area contributed by atoms with Crippen molar-refractivity contribution in [3.05, 3.63) is 47.7 Å². The molecule has 1 aromatic carbocycles. The van der Waals surface area contributed by atoms with Crippen LogP contribution in [0.3, 0.4) is 0 Å². The van der Waals surface area contributed by atoms with Crippen molar-refractivity contribution in [3.8, 4) is 11.3 Å². The number of nitrogens with zero attached hydrogens (tertiary/aromatic N) is 2. The normalized spacial score (nSPS) is 10.6. The fourth-order valence-corrected chi connectivity index (χ4v) is 1.77. The van der Waals surface area contributed by atoms with Crippen molar-refractivity contribution in [3.63, 3.8) is 0 Å². The first-order valence-corrected chi connectivity index (χ1v) is 5.99. The van der Waals surface area contributed by atoms with E-state index in [1.807, 2.05) is 13.0 Å². The molecule has 0 atom stereocenters. The molecule has 0 aliphatic heterocycles. The van der Waals surface area contributed by atoms with E-state index in [2.05, 4.69) is 9.97 Å². The SMILES string of the molecule is Cc1cc(-c2ccc(F)cc2)nc(CCCN)n1. The Balaban J connectivity index is 2.32. The van der Waals surface area contributed by atoms with Crippen LogP contribution in [0.2, 0.25) is 0 Å². The quantitative estimate of drug-likeness (QED) is 0.900. The predicted molar refractivity (Wildman–Crippen MR) is 69.5 cm³/mol. The monoisotopic (exact) mass is 245 g/mol. The summed E-state index contributed by atoms with van der Waals surface area (Å²) >= 11 is 0. The van der Waals surface area contributed by atoms with Crippen molar-refractivity contribution in [2.75, 3.05) is 6.54 Å². The fourth-order valence-electron chi connectivity index (χ4n) is 1.77. The summed E-state index contributed by atoms with van der Waals surface area (Å²) in [6.07, 6.45) is 1.64. The smallest absolute Gasteiger partial charge is 0.129 e. The van der Waals surface area contributed by atoms with Gasteiger partial charge in [-0.25, -0.2) is 14.4 Å². The van der Waals surface area contributed by atoms with Crippen molar-refractivity contribution in [1.82, 2.24) is 9.97 Å². The number of hydrogen-bond donors (Lipinski definition) is 1. The molecule has 1 heterocycles. The summed E-state index contributed by atoms with van der Waals surface area (Å²) in [5, 5.41) is 0. The zero-order chi connectivity index (χ0) is 13.0. The molecule has 2 N–H and O–H groups in total. The summed E-state index contributed by atoms with van der Waals surface area (Å²) in [7, 11) is 0. The third kappa shape index (κ3) is 3.11. The van der Waals surface area contributed by atoms with E-state index in [4.69, 9.17) is 5.73 Å². The maximum Gasteiger partial charge on any atom is 0.129 e. The molecule has 0 aliphatic carbocycles. The standard InChI is InChI=1S/C14H16FN3/c1-10-9-13(11-4-6-12(15)7-5-11)18-14(17-10)3-2-8-16/h4-7,9H,2-3,8,16H2,1H3. The van der Waals surface area contributed by atoms with E-state index in [0.717, 1.165) is 35.6 Å². The van der Waals surface area contributed by atoms with Gasteiger partial charge in [0.05, 0.1) is 5.69 Å². The van der Waals surface area contributed by atoms with E-state index >= 15 is 0 Å². The lowest BCUT2D eigenvalue weighted by molar-refractivity contribution is 0.628. The van der Waals surface area contributed by atoms with Crippen molar-refractivity contribution < 1.29 is 4.39 Å². The molecule has 0 bridgehead atoms. The van der Waals surface area contributed by atoms with Crippen LogP contribution in [0.4, 0.5) is 4.39 Å². The topological polar surface area (TPSA) is 51.8 Å². The third-order valence-electron chi connectivity index (χ3n) is 2.65. The Labute approximate surface area is 106 Å². The molecule has 94 valence electrons.